The summed E-state index contributed by atoms with van der Waals surface area (Å²) in [5, 5.41) is 0. The van der Waals surface area contributed by atoms with Crippen molar-refractivity contribution in [1.82, 2.24) is 9.80 Å². The highest BCUT2D eigenvalue weighted by Crippen LogP contribution is 2.53. The second-order valence-corrected chi connectivity index (χ2v) is 7.63. The average molecular weight is 292 g/mol. The molecule has 2 heterocycles. The minimum absolute atomic E-state index is 0.0188. The summed E-state index contributed by atoms with van der Waals surface area (Å²) in [5.74, 6) is 1.15. The molecule has 0 unspecified atom stereocenters. The van der Waals surface area contributed by atoms with Crippen LogP contribution in [0, 0.1) is 17.3 Å². The second-order valence-electron chi connectivity index (χ2n) is 7.63. The first kappa shape index (κ1) is 14.9. The van der Waals surface area contributed by atoms with Crippen molar-refractivity contribution in [2.24, 2.45) is 17.3 Å². The van der Waals surface area contributed by atoms with Gasteiger partial charge >= 0.3 is 0 Å². The summed E-state index contributed by atoms with van der Waals surface area (Å²) in [6.07, 6.45) is 6.13. The van der Waals surface area contributed by atoms with Crippen LogP contribution < -0.4 is 0 Å². The zero-order valence-electron chi connectivity index (χ0n) is 13.4. The number of hydrogen-bond acceptors (Lipinski definition) is 2. The normalized spacial score (nSPS) is 31.3. The molecule has 0 aromatic heterocycles. The van der Waals surface area contributed by atoms with Gasteiger partial charge < -0.3 is 9.80 Å². The van der Waals surface area contributed by atoms with Crippen LogP contribution in [-0.4, -0.2) is 47.8 Å². The molecule has 0 radical (unpaired) electrons. The van der Waals surface area contributed by atoms with Crippen molar-refractivity contribution in [3.63, 3.8) is 0 Å². The van der Waals surface area contributed by atoms with Crippen molar-refractivity contribution >= 4 is 11.8 Å². The van der Waals surface area contributed by atoms with Gasteiger partial charge in [-0.1, -0.05) is 13.8 Å². The van der Waals surface area contributed by atoms with Crippen molar-refractivity contribution in [3.05, 3.63) is 0 Å². The van der Waals surface area contributed by atoms with Crippen LogP contribution in [0.5, 0.6) is 0 Å². The lowest BCUT2D eigenvalue weighted by Crippen LogP contribution is -2.54. The van der Waals surface area contributed by atoms with Gasteiger partial charge in [-0.15, -0.1) is 0 Å². The molecule has 0 N–H and O–H groups in total. The maximum Gasteiger partial charge on any atom is 0.226 e. The maximum atomic E-state index is 12.6. The molecular formula is C17H28N2O2. The number of carbonyl (C=O) groups excluding carboxylic acids is 2. The molecule has 2 aliphatic heterocycles. The molecule has 118 valence electrons. The fraction of sp³-hybridized carbons (Fsp3) is 0.882. The smallest absolute Gasteiger partial charge is 0.226 e. The molecule has 2 amide bonds. The lowest BCUT2D eigenvalue weighted by atomic mass is 9.53. The summed E-state index contributed by atoms with van der Waals surface area (Å²) in [6.45, 7) is 8.09. The summed E-state index contributed by atoms with van der Waals surface area (Å²) >= 11 is 0. The van der Waals surface area contributed by atoms with E-state index in [0.717, 1.165) is 58.3 Å². The molecular weight excluding hydrogens is 264 g/mol. The molecule has 1 aliphatic carbocycles. The van der Waals surface area contributed by atoms with Gasteiger partial charge in [0.25, 0.3) is 0 Å². The van der Waals surface area contributed by atoms with E-state index in [0.29, 0.717) is 24.2 Å². The SMILES string of the molecule is CC1(C)[C@H](CC(=O)N2CCCC2)C[C@H]1C(=O)N1CCCC1. The topological polar surface area (TPSA) is 40.6 Å². The number of amides is 2. The van der Waals surface area contributed by atoms with E-state index in [-0.39, 0.29) is 11.3 Å². The van der Waals surface area contributed by atoms with Gasteiger partial charge in [-0.05, 0) is 43.4 Å². The van der Waals surface area contributed by atoms with Crippen LogP contribution in [0.2, 0.25) is 0 Å². The van der Waals surface area contributed by atoms with Gasteiger partial charge in [-0.3, -0.25) is 9.59 Å². The van der Waals surface area contributed by atoms with Crippen molar-refractivity contribution in [2.75, 3.05) is 26.2 Å². The predicted octanol–water partition coefficient (Wildman–Crippen LogP) is 2.28. The highest BCUT2D eigenvalue weighted by Gasteiger charge is 2.53. The summed E-state index contributed by atoms with van der Waals surface area (Å²) in [6, 6.07) is 0. The van der Waals surface area contributed by atoms with Crippen LogP contribution in [0.3, 0.4) is 0 Å². The van der Waals surface area contributed by atoms with Crippen LogP contribution in [-0.2, 0) is 9.59 Å². The number of nitrogens with zero attached hydrogens (tertiary/aromatic N) is 2. The Labute approximate surface area is 127 Å². The van der Waals surface area contributed by atoms with E-state index in [1.165, 1.54) is 0 Å². The summed E-state index contributed by atoms with van der Waals surface area (Å²) < 4.78 is 0. The standard InChI is InChI=1S/C17H28N2O2/c1-17(2)13(12-15(20)18-7-3-4-8-18)11-14(17)16(21)19-9-5-6-10-19/h13-14H,3-12H2,1-2H3/t13-,14-/m0/s1. The Hall–Kier alpha value is -1.06. The minimum atomic E-state index is -0.0188. The van der Waals surface area contributed by atoms with Crippen molar-refractivity contribution < 1.29 is 9.59 Å². The lowest BCUT2D eigenvalue weighted by molar-refractivity contribution is -0.155. The van der Waals surface area contributed by atoms with Gasteiger partial charge in [0.15, 0.2) is 0 Å². The number of hydrogen-bond donors (Lipinski definition) is 0. The second kappa shape index (κ2) is 5.62. The number of carbonyl (C=O) groups is 2. The van der Waals surface area contributed by atoms with E-state index in [1.54, 1.807) is 0 Å². The predicted molar refractivity (Wildman–Crippen MR) is 81.6 cm³/mol. The maximum absolute atomic E-state index is 12.6. The van der Waals surface area contributed by atoms with Crippen molar-refractivity contribution in [1.29, 1.82) is 0 Å². The Bertz CT molecular complexity index is 421. The zero-order chi connectivity index (χ0) is 15.0. The minimum Gasteiger partial charge on any atom is -0.343 e. The highest BCUT2D eigenvalue weighted by molar-refractivity contribution is 5.82. The number of rotatable bonds is 3. The average Bonchev–Trinajstić information content (AvgIpc) is 3.14. The van der Waals surface area contributed by atoms with E-state index < -0.39 is 0 Å². The Kier molecular flexibility index (Phi) is 3.98. The fourth-order valence-electron chi connectivity index (χ4n) is 4.25. The molecule has 0 bridgehead atoms. The van der Waals surface area contributed by atoms with Crippen molar-refractivity contribution in [2.45, 2.75) is 52.4 Å². The van der Waals surface area contributed by atoms with Gasteiger partial charge in [0.05, 0.1) is 0 Å². The van der Waals surface area contributed by atoms with Crippen LogP contribution in [0.4, 0.5) is 0 Å². The van der Waals surface area contributed by atoms with Gasteiger partial charge in [0, 0.05) is 38.5 Å². The molecule has 4 nitrogen and oxygen atoms in total. The zero-order valence-corrected chi connectivity index (χ0v) is 13.4. The lowest BCUT2D eigenvalue weighted by Gasteiger charge is -2.52. The van der Waals surface area contributed by atoms with E-state index in [9.17, 15) is 9.59 Å². The summed E-state index contributed by atoms with van der Waals surface area (Å²) in [7, 11) is 0. The van der Waals surface area contributed by atoms with E-state index >= 15 is 0 Å². The molecule has 3 fully saturated rings. The Morgan fingerprint density at radius 3 is 2.00 bits per heavy atom. The number of likely N-dealkylation sites (tertiary alicyclic amines) is 2. The van der Waals surface area contributed by atoms with E-state index in [2.05, 4.69) is 13.8 Å². The molecule has 2 atom stereocenters. The van der Waals surface area contributed by atoms with Crippen molar-refractivity contribution in [3.8, 4) is 0 Å². The Morgan fingerprint density at radius 1 is 0.952 bits per heavy atom. The van der Waals surface area contributed by atoms with Crippen LogP contribution in [0.1, 0.15) is 52.4 Å². The molecule has 3 rings (SSSR count). The van der Waals surface area contributed by atoms with E-state index in [1.807, 2.05) is 9.80 Å². The van der Waals surface area contributed by atoms with Gasteiger partial charge in [-0.25, -0.2) is 0 Å². The molecule has 1 saturated carbocycles. The highest BCUT2D eigenvalue weighted by atomic mass is 16.2. The third kappa shape index (κ3) is 2.69. The first-order valence-electron chi connectivity index (χ1n) is 8.56. The largest absolute Gasteiger partial charge is 0.343 e. The van der Waals surface area contributed by atoms with Crippen LogP contribution >= 0.6 is 0 Å². The first-order chi connectivity index (χ1) is 10.00. The van der Waals surface area contributed by atoms with Gasteiger partial charge in [0.1, 0.15) is 0 Å². The van der Waals surface area contributed by atoms with Crippen LogP contribution in [0.25, 0.3) is 0 Å². The van der Waals surface area contributed by atoms with Gasteiger partial charge in [-0.2, -0.15) is 0 Å². The first-order valence-corrected chi connectivity index (χ1v) is 8.56. The molecule has 0 aromatic rings. The molecule has 4 heteroatoms. The molecule has 0 aromatic carbocycles. The molecule has 0 spiro atoms. The molecule has 21 heavy (non-hydrogen) atoms. The fourth-order valence-corrected chi connectivity index (χ4v) is 4.25. The Balaban J connectivity index is 1.55. The molecule has 2 saturated heterocycles. The third-order valence-corrected chi connectivity index (χ3v) is 6.07. The summed E-state index contributed by atoms with van der Waals surface area (Å²) in [5.41, 5.74) is -0.0188. The monoisotopic (exact) mass is 292 g/mol. The summed E-state index contributed by atoms with van der Waals surface area (Å²) in [4.78, 5) is 28.9. The third-order valence-electron chi connectivity index (χ3n) is 6.07. The quantitative estimate of drug-likeness (QED) is 0.801. The van der Waals surface area contributed by atoms with E-state index in [4.69, 9.17) is 0 Å². The van der Waals surface area contributed by atoms with Crippen LogP contribution in [0.15, 0.2) is 0 Å². The van der Waals surface area contributed by atoms with Gasteiger partial charge in [0.2, 0.25) is 11.8 Å². The Morgan fingerprint density at radius 2 is 1.48 bits per heavy atom. The molecule has 3 aliphatic rings.